The summed E-state index contributed by atoms with van der Waals surface area (Å²) in [7, 11) is -3.55. The van der Waals surface area contributed by atoms with Gasteiger partial charge in [-0.3, -0.25) is 4.79 Å². The molecule has 1 atom stereocenters. The van der Waals surface area contributed by atoms with Crippen molar-refractivity contribution in [2.24, 2.45) is 0 Å². The Morgan fingerprint density at radius 3 is 2.50 bits per heavy atom. The van der Waals surface area contributed by atoms with E-state index in [1.165, 1.54) is 16.4 Å². The highest BCUT2D eigenvalue weighted by atomic mass is 32.2. The standard InChI is InChI=1S/C22H26F2N2O5S/c1-16(18-3-2-4-19(15-18)31-22(23)24)25-21(27)10-7-17-5-8-20(9-6-17)32(28,29)26-11-13-30-14-12-26/h2-6,8-9,15-16,22H,7,10-14H2,1H3,(H,25,27). The van der Waals surface area contributed by atoms with Crippen molar-refractivity contribution in [3.8, 4) is 5.75 Å². The van der Waals surface area contributed by atoms with Crippen LogP contribution in [0.25, 0.3) is 0 Å². The van der Waals surface area contributed by atoms with Gasteiger partial charge in [0.05, 0.1) is 24.2 Å². The Morgan fingerprint density at radius 1 is 1.16 bits per heavy atom. The van der Waals surface area contributed by atoms with Gasteiger partial charge in [0, 0.05) is 19.5 Å². The summed E-state index contributed by atoms with van der Waals surface area (Å²) < 4.78 is 61.1. The molecule has 1 heterocycles. The average molecular weight is 469 g/mol. The fraction of sp³-hybridized carbons (Fsp3) is 0.409. The van der Waals surface area contributed by atoms with Gasteiger partial charge in [0.25, 0.3) is 0 Å². The molecule has 1 unspecified atom stereocenters. The number of carbonyl (C=O) groups excluding carboxylic acids is 1. The van der Waals surface area contributed by atoms with Crippen LogP contribution in [0.2, 0.25) is 0 Å². The number of alkyl halides is 2. The Bertz CT molecular complexity index is 1010. The monoisotopic (exact) mass is 468 g/mol. The molecule has 1 saturated heterocycles. The molecule has 0 aromatic heterocycles. The van der Waals surface area contributed by atoms with Crippen molar-refractivity contribution in [1.82, 2.24) is 9.62 Å². The highest BCUT2D eigenvalue weighted by molar-refractivity contribution is 7.89. The molecule has 0 bridgehead atoms. The molecule has 3 rings (SSSR count). The van der Waals surface area contributed by atoms with Crippen molar-refractivity contribution in [3.05, 3.63) is 59.7 Å². The Morgan fingerprint density at radius 2 is 1.84 bits per heavy atom. The topological polar surface area (TPSA) is 84.9 Å². The van der Waals surface area contributed by atoms with E-state index in [0.29, 0.717) is 38.3 Å². The van der Waals surface area contributed by atoms with Gasteiger partial charge in [-0.05, 0) is 48.7 Å². The third-order valence-corrected chi connectivity index (χ3v) is 7.05. The Labute approximate surface area is 186 Å². The summed E-state index contributed by atoms with van der Waals surface area (Å²) >= 11 is 0. The SMILES string of the molecule is CC(NC(=O)CCc1ccc(S(=O)(=O)N2CCOCC2)cc1)c1cccc(OC(F)F)c1. The first kappa shape index (κ1) is 24.1. The van der Waals surface area contributed by atoms with Crippen LogP contribution in [-0.4, -0.2) is 51.5 Å². The van der Waals surface area contributed by atoms with E-state index < -0.39 is 16.6 Å². The molecule has 2 aromatic rings. The molecule has 1 aliphatic heterocycles. The van der Waals surface area contributed by atoms with Crippen molar-refractivity contribution in [1.29, 1.82) is 0 Å². The van der Waals surface area contributed by atoms with Crippen LogP contribution in [0.1, 0.15) is 30.5 Å². The number of nitrogens with zero attached hydrogens (tertiary/aromatic N) is 1. The summed E-state index contributed by atoms with van der Waals surface area (Å²) in [6.07, 6.45) is 0.637. The summed E-state index contributed by atoms with van der Waals surface area (Å²) in [5, 5.41) is 2.83. The van der Waals surface area contributed by atoms with Gasteiger partial charge < -0.3 is 14.8 Å². The lowest BCUT2D eigenvalue weighted by atomic mass is 10.1. The van der Waals surface area contributed by atoms with Gasteiger partial charge in [-0.15, -0.1) is 0 Å². The van der Waals surface area contributed by atoms with E-state index in [-0.39, 0.29) is 29.0 Å². The van der Waals surface area contributed by atoms with Crippen molar-refractivity contribution in [2.45, 2.75) is 37.3 Å². The van der Waals surface area contributed by atoms with Crippen LogP contribution in [0.4, 0.5) is 8.78 Å². The zero-order chi connectivity index (χ0) is 23.1. The first-order valence-electron chi connectivity index (χ1n) is 10.3. The van der Waals surface area contributed by atoms with Crippen molar-refractivity contribution < 1.29 is 31.5 Å². The molecular formula is C22H26F2N2O5S. The number of sulfonamides is 1. The van der Waals surface area contributed by atoms with Crippen LogP contribution in [0.3, 0.4) is 0 Å². The minimum atomic E-state index is -3.55. The molecule has 1 amide bonds. The molecule has 174 valence electrons. The summed E-state index contributed by atoms with van der Waals surface area (Å²) in [4.78, 5) is 12.5. The van der Waals surface area contributed by atoms with Crippen LogP contribution in [0.15, 0.2) is 53.4 Å². The van der Waals surface area contributed by atoms with E-state index in [9.17, 15) is 22.0 Å². The summed E-state index contributed by atoms with van der Waals surface area (Å²) in [5.74, 6) is -0.173. The zero-order valence-electron chi connectivity index (χ0n) is 17.7. The molecule has 1 aliphatic rings. The molecule has 0 radical (unpaired) electrons. The lowest BCUT2D eigenvalue weighted by Crippen LogP contribution is -2.40. The average Bonchev–Trinajstić information content (AvgIpc) is 2.78. The van der Waals surface area contributed by atoms with Gasteiger partial charge >= 0.3 is 6.61 Å². The predicted octanol–water partition coefficient (Wildman–Crippen LogP) is 3.12. The molecule has 7 nitrogen and oxygen atoms in total. The van der Waals surface area contributed by atoms with Crippen molar-refractivity contribution in [3.63, 3.8) is 0 Å². The molecule has 0 saturated carbocycles. The lowest BCUT2D eigenvalue weighted by Gasteiger charge is -2.26. The number of benzene rings is 2. The fourth-order valence-corrected chi connectivity index (χ4v) is 4.79. The van der Waals surface area contributed by atoms with Crippen molar-refractivity contribution in [2.75, 3.05) is 26.3 Å². The number of carbonyl (C=O) groups is 1. The maximum Gasteiger partial charge on any atom is 0.387 e. The third kappa shape index (κ3) is 6.47. The van der Waals surface area contributed by atoms with Gasteiger partial charge in [-0.25, -0.2) is 8.42 Å². The van der Waals surface area contributed by atoms with E-state index in [0.717, 1.165) is 5.56 Å². The van der Waals surface area contributed by atoms with Crippen LogP contribution in [-0.2, 0) is 26.0 Å². The molecule has 1 N–H and O–H groups in total. The first-order valence-corrected chi connectivity index (χ1v) is 11.7. The van der Waals surface area contributed by atoms with Crippen LogP contribution in [0, 0.1) is 0 Å². The number of ether oxygens (including phenoxy) is 2. The predicted molar refractivity (Wildman–Crippen MR) is 114 cm³/mol. The minimum Gasteiger partial charge on any atom is -0.435 e. The highest BCUT2D eigenvalue weighted by Crippen LogP contribution is 2.21. The molecule has 10 heteroatoms. The summed E-state index contributed by atoms with van der Waals surface area (Å²) in [6, 6.07) is 12.3. The van der Waals surface area contributed by atoms with E-state index in [1.54, 1.807) is 43.3 Å². The first-order chi connectivity index (χ1) is 15.3. The Hall–Kier alpha value is -2.56. The van der Waals surface area contributed by atoms with E-state index in [1.807, 2.05) is 0 Å². The van der Waals surface area contributed by atoms with Gasteiger partial charge in [0.1, 0.15) is 5.75 Å². The number of aryl methyl sites for hydroxylation is 1. The maximum absolute atomic E-state index is 12.7. The second-order valence-electron chi connectivity index (χ2n) is 7.40. The number of rotatable bonds is 9. The van der Waals surface area contributed by atoms with Crippen molar-refractivity contribution >= 4 is 15.9 Å². The number of halogens is 2. The van der Waals surface area contributed by atoms with Gasteiger partial charge in [0.2, 0.25) is 15.9 Å². The molecule has 0 aliphatic carbocycles. The van der Waals surface area contributed by atoms with Crippen LogP contribution < -0.4 is 10.1 Å². The summed E-state index contributed by atoms with van der Waals surface area (Å²) in [6.45, 7) is 0.275. The number of morpholine rings is 1. The molecule has 32 heavy (non-hydrogen) atoms. The normalized spacial score (nSPS) is 16.0. The maximum atomic E-state index is 12.7. The largest absolute Gasteiger partial charge is 0.435 e. The number of amides is 1. The Kier molecular flexibility index (Phi) is 8.16. The molecule has 2 aromatic carbocycles. The minimum absolute atomic E-state index is 0.0331. The van der Waals surface area contributed by atoms with E-state index in [4.69, 9.17) is 4.74 Å². The van der Waals surface area contributed by atoms with Crippen LogP contribution in [0.5, 0.6) is 5.75 Å². The zero-order valence-corrected chi connectivity index (χ0v) is 18.5. The van der Waals surface area contributed by atoms with Crippen LogP contribution >= 0.6 is 0 Å². The second-order valence-corrected chi connectivity index (χ2v) is 9.34. The highest BCUT2D eigenvalue weighted by Gasteiger charge is 2.26. The van der Waals surface area contributed by atoms with E-state index in [2.05, 4.69) is 10.1 Å². The second kappa shape index (κ2) is 10.8. The number of nitrogens with one attached hydrogen (secondary N) is 1. The number of hydrogen-bond acceptors (Lipinski definition) is 5. The third-order valence-electron chi connectivity index (χ3n) is 5.13. The number of hydrogen-bond donors (Lipinski definition) is 1. The Balaban J connectivity index is 1.52. The van der Waals surface area contributed by atoms with E-state index >= 15 is 0 Å². The molecule has 0 spiro atoms. The quantitative estimate of drug-likeness (QED) is 0.611. The molecule has 1 fully saturated rings. The molecular weight excluding hydrogens is 442 g/mol. The fourth-order valence-electron chi connectivity index (χ4n) is 3.38. The van der Waals surface area contributed by atoms with Gasteiger partial charge in [-0.1, -0.05) is 24.3 Å². The smallest absolute Gasteiger partial charge is 0.387 e. The lowest BCUT2D eigenvalue weighted by molar-refractivity contribution is -0.121. The van der Waals surface area contributed by atoms with Gasteiger partial charge in [0.15, 0.2) is 0 Å². The van der Waals surface area contributed by atoms with Gasteiger partial charge in [-0.2, -0.15) is 13.1 Å². The summed E-state index contributed by atoms with van der Waals surface area (Å²) in [5.41, 5.74) is 1.48.